The van der Waals surface area contributed by atoms with Gasteiger partial charge in [0, 0.05) is 11.8 Å². The van der Waals surface area contributed by atoms with E-state index in [1.807, 2.05) is 0 Å². The van der Waals surface area contributed by atoms with Gasteiger partial charge in [0.2, 0.25) is 0 Å². The summed E-state index contributed by atoms with van der Waals surface area (Å²) in [6.45, 7) is 5.19. The molecule has 15 heavy (non-hydrogen) atoms. The Balaban J connectivity index is 3.08. The third kappa shape index (κ3) is 1.38. The Labute approximate surface area is 83.7 Å². The molecule has 0 amide bonds. The standard InChI is InChI=1S/C10H7NO4/c1-3-6-4-11-5(2)7-8(6)15-10(13)9(12)14-7/h3-4H,1H2,2H3. The molecule has 2 aromatic heterocycles. The van der Waals surface area contributed by atoms with Gasteiger partial charge in [-0.15, -0.1) is 0 Å². The normalized spacial score (nSPS) is 10.5. The molecule has 0 aliphatic carbocycles. The maximum absolute atomic E-state index is 11.0. The zero-order chi connectivity index (χ0) is 11.0. The average Bonchev–Trinajstić information content (AvgIpc) is 2.22. The first-order chi connectivity index (χ1) is 7.13. The van der Waals surface area contributed by atoms with Crippen molar-refractivity contribution in [3.8, 4) is 0 Å². The minimum absolute atomic E-state index is 0.178. The molecule has 76 valence electrons. The summed E-state index contributed by atoms with van der Waals surface area (Å²) < 4.78 is 9.62. The van der Waals surface area contributed by atoms with E-state index in [1.165, 1.54) is 12.3 Å². The maximum Gasteiger partial charge on any atom is 0.423 e. The lowest BCUT2D eigenvalue weighted by Gasteiger charge is -2.00. The van der Waals surface area contributed by atoms with Crippen molar-refractivity contribution < 1.29 is 8.83 Å². The Bertz CT molecular complexity index is 651. The zero-order valence-electron chi connectivity index (χ0n) is 7.94. The van der Waals surface area contributed by atoms with Gasteiger partial charge in [-0.1, -0.05) is 12.7 Å². The van der Waals surface area contributed by atoms with Crippen LogP contribution in [0.15, 0.2) is 31.2 Å². The van der Waals surface area contributed by atoms with E-state index in [2.05, 4.69) is 11.6 Å². The molecule has 0 fully saturated rings. The van der Waals surface area contributed by atoms with Crippen LogP contribution in [0.5, 0.6) is 0 Å². The SMILES string of the molecule is C=Cc1cnc(C)c2oc(=O)c(=O)oc12. The van der Waals surface area contributed by atoms with E-state index in [9.17, 15) is 9.59 Å². The lowest BCUT2D eigenvalue weighted by Crippen LogP contribution is -2.21. The summed E-state index contributed by atoms with van der Waals surface area (Å²) >= 11 is 0. The Morgan fingerprint density at radius 1 is 1.27 bits per heavy atom. The van der Waals surface area contributed by atoms with Crippen LogP contribution in [0, 0.1) is 6.92 Å². The van der Waals surface area contributed by atoms with Crippen LogP contribution in [0.1, 0.15) is 11.3 Å². The van der Waals surface area contributed by atoms with Gasteiger partial charge in [-0.05, 0) is 6.92 Å². The Morgan fingerprint density at radius 3 is 2.47 bits per heavy atom. The van der Waals surface area contributed by atoms with Gasteiger partial charge < -0.3 is 8.83 Å². The van der Waals surface area contributed by atoms with E-state index in [0.717, 1.165) is 0 Å². The lowest BCUT2D eigenvalue weighted by atomic mass is 10.2. The van der Waals surface area contributed by atoms with Crippen molar-refractivity contribution in [3.63, 3.8) is 0 Å². The molecule has 0 atom stereocenters. The minimum atomic E-state index is -1.03. The molecule has 0 aliphatic rings. The number of hydrogen-bond acceptors (Lipinski definition) is 5. The predicted octanol–water partition coefficient (Wildman–Crippen LogP) is 1.09. The van der Waals surface area contributed by atoms with Crippen molar-refractivity contribution in [2.24, 2.45) is 0 Å². The number of aryl methyl sites for hydroxylation is 1. The summed E-state index contributed by atoms with van der Waals surface area (Å²) in [5.74, 6) is 0. The number of fused-ring (bicyclic) bond motifs is 1. The molecule has 2 heterocycles. The van der Waals surface area contributed by atoms with Crippen LogP contribution < -0.4 is 11.3 Å². The van der Waals surface area contributed by atoms with Gasteiger partial charge >= 0.3 is 11.3 Å². The molecule has 2 aromatic rings. The van der Waals surface area contributed by atoms with Crippen molar-refractivity contribution >= 4 is 17.2 Å². The van der Waals surface area contributed by atoms with Crippen LogP contribution in [-0.4, -0.2) is 4.98 Å². The molecule has 0 saturated heterocycles. The molecule has 0 spiro atoms. The fourth-order valence-corrected chi connectivity index (χ4v) is 1.22. The van der Waals surface area contributed by atoms with Crippen LogP contribution in [0.25, 0.3) is 17.2 Å². The highest BCUT2D eigenvalue weighted by molar-refractivity contribution is 5.81. The summed E-state index contributed by atoms with van der Waals surface area (Å²) in [6.07, 6.45) is 2.96. The smallest absolute Gasteiger partial charge is 0.413 e. The summed E-state index contributed by atoms with van der Waals surface area (Å²) in [5, 5.41) is 0. The van der Waals surface area contributed by atoms with Crippen LogP contribution >= 0.6 is 0 Å². The second-order valence-corrected chi connectivity index (χ2v) is 2.94. The van der Waals surface area contributed by atoms with E-state index in [4.69, 9.17) is 8.83 Å². The molecule has 0 aliphatic heterocycles. The molecule has 0 radical (unpaired) electrons. The molecule has 0 aromatic carbocycles. The number of aromatic nitrogens is 1. The first-order valence-corrected chi connectivity index (χ1v) is 4.19. The van der Waals surface area contributed by atoms with Gasteiger partial charge in [0.1, 0.15) is 0 Å². The van der Waals surface area contributed by atoms with Crippen LogP contribution in [0.3, 0.4) is 0 Å². The van der Waals surface area contributed by atoms with E-state index in [0.29, 0.717) is 11.3 Å². The number of rotatable bonds is 1. The van der Waals surface area contributed by atoms with Crippen LogP contribution in [0.4, 0.5) is 0 Å². The highest BCUT2D eigenvalue weighted by atomic mass is 16.5. The minimum Gasteiger partial charge on any atom is -0.413 e. The molecule has 5 nitrogen and oxygen atoms in total. The summed E-state index contributed by atoms with van der Waals surface area (Å²) in [5.41, 5.74) is -0.697. The molecular weight excluding hydrogens is 198 g/mol. The van der Waals surface area contributed by atoms with Gasteiger partial charge in [-0.2, -0.15) is 0 Å². The van der Waals surface area contributed by atoms with Crippen LogP contribution in [0.2, 0.25) is 0 Å². The fraction of sp³-hybridized carbons (Fsp3) is 0.100. The number of nitrogens with zero attached hydrogens (tertiary/aromatic N) is 1. The average molecular weight is 205 g/mol. The molecule has 5 heteroatoms. The second kappa shape index (κ2) is 3.20. The summed E-state index contributed by atoms with van der Waals surface area (Å²) in [4.78, 5) is 25.9. The Hall–Kier alpha value is -2.17. The molecule has 0 N–H and O–H groups in total. The predicted molar refractivity (Wildman–Crippen MR) is 53.6 cm³/mol. The van der Waals surface area contributed by atoms with E-state index in [-0.39, 0.29) is 11.2 Å². The van der Waals surface area contributed by atoms with Crippen molar-refractivity contribution in [2.75, 3.05) is 0 Å². The Morgan fingerprint density at radius 2 is 1.87 bits per heavy atom. The van der Waals surface area contributed by atoms with E-state index in [1.54, 1.807) is 6.92 Å². The molecule has 0 unspecified atom stereocenters. The molecule has 2 rings (SSSR count). The van der Waals surface area contributed by atoms with Crippen molar-refractivity contribution in [1.29, 1.82) is 0 Å². The van der Waals surface area contributed by atoms with Crippen molar-refractivity contribution in [3.05, 3.63) is 44.9 Å². The second-order valence-electron chi connectivity index (χ2n) is 2.94. The third-order valence-electron chi connectivity index (χ3n) is 1.97. The first kappa shape index (κ1) is 9.39. The molecular formula is C10H7NO4. The molecule has 0 saturated carbocycles. The first-order valence-electron chi connectivity index (χ1n) is 4.19. The van der Waals surface area contributed by atoms with E-state index < -0.39 is 11.3 Å². The van der Waals surface area contributed by atoms with Gasteiger partial charge in [-0.25, -0.2) is 9.59 Å². The Kier molecular flexibility index (Phi) is 2.00. The highest BCUT2D eigenvalue weighted by Crippen LogP contribution is 2.18. The van der Waals surface area contributed by atoms with Gasteiger partial charge in [0.05, 0.1) is 5.69 Å². The van der Waals surface area contributed by atoms with E-state index >= 15 is 0 Å². The fourth-order valence-electron chi connectivity index (χ4n) is 1.22. The highest BCUT2D eigenvalue weighted by Gasteiger charge is 2.10. The van der Waals surface area contributed by atoms with Crippen molar-refractivity contribution in [2.45, 2.75) is 6.92 Å². The number of hydrogen-bond donors (Lipinski definition) is 0. The van der Waals surface area contributed by atoms with Crippen LogP contribution in [-0.2, 0) is 0 Å². The zero-order valence-corrected chi connectivity index (χ0v) is 7.94. The van der Waals surface area contributed by atoms with Crippen molar-refractivity contribution in [1.82, 2.24) is 4.98 Å². The summed E-state index contributed by atoms with van der Waals surface area (Å²) in [6, 6.07) is 0. The largest absolute Gasteiger partial charge is 0.423 e. The third-order valence-corrected chi connectivity index (χ3v) is 1.97. The van der Waals surface area contributed by atoms with Gasteiger partial charge in [0.25, 0.3) is 0 Å². The quantitative estimate of drug-likeness (QED) is 0.651. The maximum atomic E-state index is 11.0. The summed E-state index contributed by atoms with van der Waals surface area (Å²) in [7, 11) is 0. The number of pyridine rings is 1. The monoisotopic (exact) mass is 205 g/mol. The van der Waals surface area contributed by atoms with Gasteiger partial charge in [-0.3, -0.25) is 4.98 Å². The topological polar surface area (TPSA) is 73.3 Å². The molecule has 0 bridgehead atoms. The lowest BCUT2D eigenvalue weighted by molar-refractivity contribution is 0.446. The van der Waals surface area contributed by atoms with Gasteiger partial charge in [0.15, 0.2) is 11.2 Å².